The fraction of sp³-hybridized carbons (Fsp3) is 0.538. The number of nitrogens with one attached hydrogen (secondary N) is 2. The van der Waals surface area contributed by atoms with E-state index in [1.807, 2.05) is 13.2 Å². The molecule has 2 aliphatic heterocycles. The number of para-hydroxylation sites is 1. The Morgan fingerprint density at radius 3 is 2.76 bits per heavy atom. The van der Waals surface area contributed by atoms with Crippen molar-refractivity contribution >= 4 is 35.8 Å². The smallest absolute Gasteiger partial charge is 0.191 e. The molecule has 1 spiro atoms. The van der Waals surface area contributed by atoms with Crippen LogP contribution in [0.25, 0.3) is 0 Å². The molecule has 3 aliphatic rings. The van der Waals surface area contributed by atoms with Crippen molar-refractivity contribution in [2.45, 2.75) is 63.3 Å². The quantitative estimate of drug-likeness (QED) is 0.319. The maximum Gasteiger partial charge on any atom is 0.191 e. The number of aliphatic imine (C=N–C) groups is 1. The summed E-state index contributed by atoms with van der Waals surface area (Å²) in [5.41, 5.74) is 2.30. The van der Waals surface area contributed by atoms with Crippen molar-refractivity contribution < 1.29 is 9.47 Å². The molecule has 0 amide bonds. The average molecular weight is 578 g/mol. The zero-order valence-corrected chi connectivity index (χ0v) is 22.5. The Balaban J connectivity index is 0.00000274. The highest BCUT2D eigenvalue weighted by atomic mass is 127. The molecule has 184 valence electrons. The number of ether oxygens (including phenoxy) is 2. The van der Waals surface area contributed by atoms with Crippen molar-refractivity contribution in [3.05, 3.63) is 53.7 Å². The van der Waals surface area contributed by atoms with E-state index in [1.165, 1.54) is 18.4 Å². The van der Waals surface area contributed by atoms with E-state index in [9.17, 15) is 0 Å². The monoisotopic (exact) mass is 577 g/mol. The Hall–Kier alpha value is -2.07. The molecule has 8 heteroatoms. The number of nitrogens with zero attached hydrogens (tertiary/aromatic N) is 3. The number of guanidine groups is 1. The second kappa shape index (κ2) is 11.1. The molecule has 2 N–H and O–H groups in total. The summed E-state index contributed by atoms with van der Waals surface area (Å²) in [6.45, 7) is 5.30. The molecule has 1 saturated heterocycles. The number of benzene rings is 1. The minimum Gasteiger partial charge on any atom is -0.487 e. The summed E-state index contributed by atoms with van der Waals surface area (Å²) >= 11 is 0. The summed E-state index contributed by atoms with van der Waals surface area (Å²) < 4.78 is 12.1. The van der Waals surface area contributed by atoms with Gasteiger partial charge in [-0.25, -0.2) is 4.98 Å². The van der Waals surface area contributed by atoms with Gasteiger partial charge in [-0.1, -0.05) is 24.3 Å². The Bertz CT molecular complexity index is 977. The highest BCUT2D eigenvalue weighted by molar-refractivity contribution is 14.0. The molecule has 2 aromatic rings. The Kier molecular flexibility index (Phi) is 8.18. The Morgan fingerprint density at radius 1 is 1.21 bits per heavy atom. The molecule has 0 radical (unpaired) electrons. The van der Waals surface area contributed by atoms with Crippen LogP contribution in [0.2, 0.25) is 0 Å². The van der Waals surface area contributed by atoms with Crippen LogP contribution in [0.1, 0.15) is 56.2 Å². The number of aromatic nitrogens is 1. The van der Waals surface area contributed by atoms with Crippen LogP contribution in [0, 0.1) is 0 Å². The van der Waals surface area contributed by atoms with E-state index in [1.54, 1.807) is 0 Å². The molecule has 34 heavy (non-hydrogen) atoms. The van der Waals surface area contributed by atoms with E-state index in [-0.39, 0.29) is 41.7 Å². The molecular weight excluding hydrogens is 541 g/mol. The van der Waals surface area contributed by atoms with Gasteiger partial charge in [-0.2, -0.15) is 0 Å². The third-order valence-corrected chi connectivity index (χ3v) is 7.08. The first-order valence-corrected chi connectivity index (χ1v) is 12.2. The summed E-state index contributed by atoms with van der Waals surface area (Å²) in [6, 6.07) is 12.8. The van der Waals surface area contributed by atoms with Gasteiger partial charge in [-0.05, 0) is 50.3 Å². The molecule has 5 rings (SSSR count). The predicted octanol–water partition coefficient (Wildman–Crippen LogP) is 4.43. The number of halogens is 1. The standard InChI is InChI=1S/C26H35N5O2.HI/c1-19-18-31(13-14-32-19)24-10-9-20(16-28-24)17-29-25(27-2)30-22-15-26(11-5-6-12-26)33-23-8-4-3-7-21(22)23;/h3-4,7-10,16,19,22H,5-6,11-15,17-18H2,1-2H3,(H2,27,29,30);1H. The predicted molar refractivity (Wildman–Crippen MR) is 146 cm³/mol. The van der Waals surface area contributed by atoms with E-state index in [2.05, 4.69) is 68.8 Å². The second-order valence-electron chi connectivity index (χ2n) is 9.51. The number of hydrogen-bond acceptors (Lipinski definition) is 5. The summed E-state index contributed by atoms with van der Waals surface area (Å²) in [6.07, 6.45) is 7.92. The minimum absolute atomic E-state index is 0. The second-order valence-corrected chi connectivity index (χ2v) is 9.51. The summed E-state index contributed by atoms with van der Waals surface area (Å²) in [5.74, 6) is 2.82. The lowest BCUT2D eigenvalue weighted by Crippen LogP contribution is -2.46. The van der Waals surface area contributed by atoms with Gasteiger partial charge in [0.1, 0.15) is 17.2 Å². The number of morpholine rings is 1. The fourth-order valence-electron chi connectivity index (χ4n) is 5.35. The van der Waals surface area contributed by atoms with Crippen LogP contribution >= 0.6 is 24.0 Å². The first kappa shape index (κ1) is 25.0. The number of anilines is 1. The molecule has 0 bridgehead atoms. The minimum atomic E-state index is -0.0401. The first-order valence-electron chi connectivity index (χ1n) is 12.2. The van der Waals surface area contributed by atoms with E-state index in [0.29, 0.717) is 6.54 Å². The van der Waals surface area contributed by atoms with Crippen LogP contribution in [0.15, 0.2) is 47.6 Å². The molecular formula is C26H36IN5O2. The van der Waals surface area contributed by atoms with Crippen LogP contribution < -0.4 is 20.3 Å². The van der Waals surface area contributed by atoms with Crippen LogP contribution in [-0.2, 0) is 11.3 Å². The van der Waals surface area contributed by atoms with Gasteiger partial charge in [0.05, 0.1) is 18.8 Å². The van der Waals surface area contributed by atoms with Gasteiger partial charge in [-0.3, -0.25) is 4.99 Å². The summed E-state index contributed by atoms with van der Waals surface area (Å²) in [7, 11) is 1.83. The molecule has 1 aromatic heterocycles. The largest absolute Gasteiger partial charge is 0.487 e. The van der Waals surface area contributed by atoms with E-state index in [0.717, 1.165) is 62.0 Å². The van der Waals surface area contributed by atoms with Crippen LogP contribution in [0.5, 0.6) is 5.75 Å². The summed E-state index contributed by atoms with van der Waals surface area (Å²) in [4.78, 5) is 11.5. The van der Waals surface area contributed by atoms with E-state index in [4.69, 9.17) is 9.47 Å². The number of rotatable bonds is 4. The molecule has 1 aliphatic carbocycles. The lowest BCUT2D eigenvalue weighted by atomic mass is 9.86. The maximum atomic E-state index is 6.50. The van der Waals surface area contributed by atoms with Crippen LogP contribution in [0.4, 0.5) is 5.82 Å². The van der Waals surface area contributed by atoms with E-state index < -0.39 is 0 Å². The van der Waals surface area contributed by atoms with Gasteiger partial charge >= 0.3 is 0 Å². The van der Waals surface area contributed by atoms with Gasteiger partial charge in [-0.15, -0.1) is 24.0 Å². The van der Waals surface area contributed by atoms with Gasteiger partial charge in [0.2, 0.25) is 0 Å². The van der Waals surface area contributed by atoms with Crippen molar-refractivity contribution in [1.29, 1.82) is 0 Å². The molecule has 3 heterocycles. The summed E-state index contributed by atoms with van der Waals surface area (Å²) in [5, 5.41) is 7.14. The molecule has 2 unspecified atom stereocenters. The van der Waals surface area contributed by atoms with Gasteiger partial charge in [0, 0.05) is 44.9 Å². The van der Waals surface area contributed by atoms with Crippen molar-refractivity contribution in [1.82, 2.24) is 15.6 Å². The van der Waals surface area contributed by atoms with Crippen molar-refractivity contribution in [3.8, 4) is 5.75 Å². The fourth-order valence-corrected chi connectivity index (χ4v) is 5.35. The lowest BCUT2D eigenvalue weighted by molar-refractivity contribution is 0.0396. The topological polar surface area (TPSA) is 71.0 Å². The number of hydrogen-bond donors (Lipinski definition) is 2. The van der Waals surface area contributed by atoms with Crippen molar-refractivity contribution in [2.75, 3.05) is 31.6 Å². The van der Waals surface area contributed by atoms with Crippen molar-refractivity contribution in [3.63, 3.8) is 0 Å². The number of pyridine rings is 1. The number of fused-ring (bicyclic) bond motifs is 1. The molecule has 2 fully saturated rings. The maximum absolute atomic E-state index is 6.50. The van der Waals surface area contributed by atoms with Crippen LogP contribution in [0.3, 0.4) is 0 Å². The van der Waals surface area contributed by atoms with Gasteiger partial charge in [0.15, 0.2) is 5.96 Å². The molecule has 1 saturated carbocycles. The third kappa shape index (κ3) is 5.59. The van der Waals surface area contributed by atoms with Gasteiger partial charge < -0.3 is 25.0 Å². The zero-order valence-electron chi connectivity index (χ0n) is 20.1. The SMILES string of the molecule is CN=C(NCc1ccc(N2CCOC(C)C2)nc1)NC1CC2(CCCC2)Oc2ccccc21.I. The van der Waals surface area contributed by atoms with Gasteiger partial charge in [0.25, 0.3) is 0 Å². The first-order chi connectivity index (χ1) is 16.1. The average Bonchev–Trinajstić information content (AvgIpc) is 3.29. The van der Waals surface area contributed by atoms with Crippen molar-refractivity contribution in [2.24, 2.45) is 4.99 Å². The van der Waals surface area contributed by atoms with E-state index >= 15 is 0 Å². The van der Waals surface area contributed by atoms with Crippen LogP contribution in [-0.4, -0.2) is 49.4 Å². The Labute approximate surface area is 219 Å². The third-order valence-electron chi connectivity index (χ3n) is 7.08. The normalized spacial score (nSPS) is 23.6. The highest BCUT2D eigenvalue weighted by Gasteiger charge is 2.43. The highest BCUT2D eigenvalue weighted by Crippen LogP contribution is 2.46. The Morgan fingerprint density at radius 2 is 2.03 bits per heavy atom. The molecule has 1 aromatic carbocycles. The zero-order chi connectivity index (χ0) is 22.7. The lowest BCUT2D eigenvalue weighted by Gasteiger charge is -2.40. The molecule has 2 atom stereocenters. The molecule has 7 nitrogen and oxygen atoms in total.